The number of carbonyl (C=O) groups excluding carboxylic acids is 1. The molecule has 7 heteroatoms. The summed E-state index contributed by atoms with van der Waals surface area (Å²) in [7, 11) is 0. The molecule has 22 heavy (non-hydrogen) atoms. The minimum Gasteiger partial charge on any atom is -0.415 e. The van der Waals surface area contributed by atoms with Gasteiger partial charge in [0.2, 0.25) is 5.75 Å². The molecule has 0 saturated carbocycles. The van der Waals surface area contributed by atoms with Crippen LogP contribution in [-0.4, -0.2) is 10.9 Å². The van der Waals surface area contributed by atoms with Crippen LogP contribution in [-0.2, 0) is 0 Å². The van der Waals surface area contributed by atoms with Crippen LogP contribution >= 0.6 is 0 Å². The van der Waals surface area contributed by atoms with E-state index in [0.29, 0.717) is 0 Å². The molecule has 0 heterocycles. The first-order valence-corrected chi connectivity index (χ1v) is 5.96. The number of nitriles is 2. The summed E-state index contributed by atoms with van der Waals surface area (Å²) in [6.45, 7) is 0. The van der Waals surface area contributed by atoms with Gasteiger partial charge in [-0.15, -0.1) is 0 Å². The summed E-state index contributed by atoms with van der Waals surface area (Å²) in [5.74, 6) is -1.17. The lowest BCUT2D eigenvalue weighted by Gasteiger charge is -2.06. The van der Waals surface area contributed by atoms with Crippen LogP contribution in [0.5, 0.6) is 5.75 Å². The Morgan fingerprint density at radius 2 is 1.68 bits per heavy atom. The first-order chi connectivity index (χ1) is 10.6. The Morgan fingerprint density at radius 1 is 1.09 bits per heavy atom. The summed E-state index contributed by atoms with van der Waals surface area (Å²) in [5, 5.41) is 28.8. The van der Waals surface area contributed by atoms with Gasteiger partial charge in [0.15, 0.2) is 0 Å². The molecule has 0 radical (unpaired) electrons. The van der Waals surface area contributed by atoms with Crippen molar-refractivity contribution in [3.05, 3.63) is 69.3 Å². The highest BCUT2D eigenvalue weighted by Crippen LogP contribution is 2.31. The lowest BCUT2D eigenvalue weighted by Crippen LogP contribution is -2.10. The van der Waals surface area contributed by atoms with Gasteiger partial charge in [0.25, 0.3) is 0 Å². The molecule has 0 spiro atoms. The second-order valence-electron chi connectivity index (χ2n) is 4.10. The van der Waals surface area contributed by atoms with Gasteiger partial charge in [0, 0.05) is 12.1 Å². The fourth-order valence-electron chi connectivity index (χ4n) is 1.71. The molecule has 106 valence electrons. The van der Waals surface area contributed by atoms with Gasteiger partial charge < -0.3 is 4.74 Å². The van der Waals surface area contributed by atoms with Gasteiger partial charge >= 0.3 is 11.7 Å². The molecule has 0 atom stereocenters. The third-order valence-corrected chi connectivity index (χ3v) is 2.75. The molecule has 0 unspecified atom stereocenters. The standard InChI is InChI=1S/C15H7N3O4/c16-8-11-6-13(18(20)21)14(7-12(11)9-17)22-15(19)10-4-2-1-3-5-10/h1-7H. The quantitative estimate of drug-likeness (QED) is 0.371. The van der Waals surface area contributed by atoms with Gasteiger partial charge in [-0.05, 0) is 12.1 Å². The normalized spacial score (nSPS) is 9.36. The van der Waals surface area contributed by atoms with E-state index < -0.39 is 16.6 Å². The van der Waals surface area contributed by atoms with Crippen molar-refractivity contribution >= 4 is 11.7 Å². The van der Waals surface area contributed by atoms with Crippen LogP contribution in [0.25, 0.3) is 0 Å². The van der Waals surface area contributed by atoms with E-state index in [4.69, 9.17) is 15.3 Å². The number of nitrogens with zero attached hydrogens (tertiary/aromatic N) is 3. The number of ether oxygens (including phenoxy) is 1. The topological polar surface area (TPSA) is 117 Å². The van der Waals surface area contributed by atoms with Crippen molar-refractivity contribution < 1.29 is 14.5 Å². The van der Waals surface area contributed by atoms with E-state index in [9.17, 15) is 14.9 Å². The summed E-state index contributed by atoms with van der Waals surface area (Å²) in [6.07, 6.45) is 0. The highest BCUT2D eigenvalue weighted by molar-refractivity contribution is 5.91. The van der Waals surface area contributed by atoms with E-state index in [2.05, 4.69) is 0 Å². The Kier molecular flexibility index (Phi) is 4.11. The SMILES string of the molecule is N#Cc1cc(OC(=O)c2ccccc2)c([N+](=O)[O-])cc1C#N. The van der Waals surface area contributed by atoms with Crippen LogP contribution in [0.15, 0.2) is 42.5 Å². The Bertz CT molecular complexity index is 832. The lowest BCUT2D eigenvalue weighted by molar-refractivity contribution is -0.385. The van der Waals surface area contributed by atoms with Crippen molar-refractivity contribution in [3.8, 4) is 17.9 Å². The highest BCUT2D eigenvalue weighted by atomic mass is 16.6. The van der Waals surface area contributed by atoms with Crippen molar-refractivity contribution in [2.75, 3.05) is 0 Å². The van der Waals surface area contributed by atoms with E-state index in [-0.39, 0.29) is 22.4 Å². The molecule has 0 amide bonds. The first-order valence-electron chi connectivity index (χ1n) is 5.96. The Morgan fingerprint density at radius 3 is 2.23 bits per heavy atom. The molecule has 0 aliphatic carbocycles. The van der Waals surface area contributed by atoms with Gasteiger partial charge in [-0.2, -0.15) is 10.5 Å². The summed E-state index contributed by atoms with van der Waals surface area (Å²) in [4.78, 5) is 22.2. The molecule has 2 aromatic carbocycles. The maximum atomic E-state index is 12.0. The molecule has 0 saturated heterocycles. The van der Waals surface area contributed by atoms with Crippen LogP contribution in [0.2, 0.25) is 0 Å². The van der Waals surface area contributed by atoms with Crippen molar-refractivity contribution in [1.82, 2.24) is 0 Å². The average molecular weight is 293 g/mol. The summed E-state index contributed by atoms with van der Waals surface area (Å²) in [5.41, 5.74) is -0.614. The fraction of sp³-hybridized carbons (Fsp3) is 0. The van der Waals surface area contributed by atoms with E-state index >= 15 is 0 Å². The summed E-state index contributed by atoms with van der Waals surface area (Å²) < 4.78 is 4.99. The van der Waals surface area contributed by atoms with Crippen LogP contribution in [0.4, 0.5) is 5.69 Å². The predicted octanol–water partition coefficient (Wildman–Crippen LogP) is 2.56. The number of hydrogen-bond acceptors (Lipinski definition) is 6. The lowest BCUT2D eigenvalue weighted by atomic mass is 10.1. The molecule has 7 nitrogen and oxygen atoms in total. The number of nitro benzene ring substituents is 1. The maximum absolute atomic E-state index is 12.0. The zero-order chi connectivity index (χ0) is 16.1. The van der Waals surface area contributed by atoms with Gasteiger partial charge in [-0.1, -0.05) is 18.2 Å². The molecule has 0 aromatic heterocycles. The van der Waals surface area contributed by atoms with Crippen molar-refractivity contribution in [2.24, 2.45) is 0 Å². The number of rotatable bonds is 3. The molecular weight excluding hydrogens is 286 g/mol. The van der Waals surface area contributed by atoms with Crippen molar-refractivity contribution in [2.45, 2.75) is 0 Å². The van der Waals surface area contributed by atoms with E-state index in [1.165, 1.54) is 12.1 Å². The molecule has 0 bridgehead atoms. The monoisotopic (exact) mass is 293 g/mol. The average Bonchev–Trinajstić information content (AvgIpc) is 2.54. The van der Waals surface area contributed by atoms with Gasteiger partial charge in [0.1, 0.15) is 12.1 Å². The van der Waals surface area contributed by atoms with E-state index in [1.807, 2.05) is 0 Å². The predicted molar refractivity (Wildman–Crippen MR) is 73.9 cm³/mol. The largest absolute Gasteiger partial charge is 0.415 e. The second-order valence-corrected chi connectivity index (χ2v) is 4.10. The third kappa shape index (κ3) is 2.89. The van der Waals surface area contributed by atoms with Crippen molar-refractivity contribution in [1.29, 1.82) is 10.5 Å². The molecule has 0 N–H and O–H groups in total. The Hall–Kier alpha value is -3.71. The molecule has 2 aromatic rings. The smallest absolute Gasteiger partial charge is 0.343 e. The highest BCUT2D eigenvalue weighted by Gasteiger charge is 2.22. The zero-order valence-corrected chi connectivity index (χ0v) is 11.0. The zero-order valence-electron chi connectivity index (χ0n) is 11.0. The number of esters is 1. The molecule has 0 aliphatic heterocycles. The number of benzene rings is 2. The van der Waals surface area contributed by atoms with Gasteiger partial charge in [-0.25, -0.2) is 4.79 Å². The second kappa shape index (κ2) is 6.16. The molecular formula is C15H7N3O4. The van der Waals surface area contributed by atoms with Crippen molar-refractivity contribution in [3.63, 3.8) is 0 Å². The minimum absolute atomic E-state index is 0.107. The molecule has 0 aliphatic rings. The van der Waals surface area contributed by atoms with Gasteiger partial charge in [0.05, 0.1) is 21.6 Å². The summed E-state index contributed by atoms with van der Waals surface area (Å²) >= 11 is 0. The van der Waals surface area contributed by atoms with Crippen LogP contribution < -0.4 is 4.74 Å². The molecule has 0 fully saturated rings. The minimum atomic E-state index is -0.794. The third-order valence-electron chi connectivity index (χ3n) is 2.75. The van der Waals surface area contributed by atoms with Gasteiger partial charge in [-0.3, -0.25) is 10.1 Å². The van der Waals surface area contributed by atoms with Crippen LogP contribution in [0, 0.1) is 32.8 Å². The first kappa shape index (κ1) is 14.7. The molecule has 2 rings (SSSR count). The number of carbonyl (C=O) groups is 1. The number of nitro groups is 1. The number of hydrogen-bond donors (Lipinski definition) is 0. The Labute approximate surface area is 124 Å². The maximum Gasteiger partial charge on any atom is 0.343 e. The Balaban J connectivity index is 2.46. The van der Waals surface area contributed by atoms with E-state index in [1.54, 1.807) is 30.3 Å². The van der Waals surface area contributed by atoms with Crippen LogP contribution in [0.3, 0.4) is 0 Å². The fourth-order valence-corrected chi connectivity index (χ4v) is 1.71. The summed E-state index contributed by atoms with van der Waals surface area (Å²) in [6, 6.07) is 13.2. The van der Waals surface area contributed by atoms with Crippen LogP contribution in [0.1, 0.15) is 21.5 Å². The van der Waals surface area contributed by atoms with E-state index in [0.717, 1.165) is 12.1 Å².